The van der Waals surface area contributed by atoms with Gasteiger partial charge in [0.1, 0.15) is 23.0 Å². The number of carbonyl (C=O) groups is 2. The molecule has 2 aromatic carbocycles. The molecule has 33 heavy (non-hydrogen) atoms. The van der Waals surface area contributed by atoms with Gasteiger partial charge in [0.25, 0.3) is 11.7 Å². The second kappa shape index (κ2) is 10.4. The number of aliphatic hydroxyl groups is 1. The molecule has 0 bridgehead atoms. The van der Waals surface area contributed by atoms with E-state index in [1.54, 1.807) is 50.6 Å². The Balaban J connectivity index is 2.22. The summed E-state index contributed by atoms with van der Waals surface area (Å²) in [5.41, 5.74) is 1.73. The van der Waals surface area contributed by atoms with Gasteiger partial charge in [0.15, 0.2) is 0 Å². The fourth-order valence-electron chi connectivity index (χ4n) is 4.05. The van der Waals surface area contributed by atoms with Crippen LogP contribution in [0.4, 0.5) is 0 Å². The Hall–Kier alpha value is -3.52. The van der Waals surface area contributed by atoms with Crippen molar-refractivity contribution in [3.63, 3.8) is 0 Å². The number of aliphatic hydroxyl groups excluding tert-OH is 1. The molecule has 0 spiro atoms. The van der Waals surface area contributed by atoms with Crippen molar-refractivity contribution in [2.24, 2.45) is 0 Å². The zero-order valence-electron chi connectivity index (χ0n) is 19.5. The molecule has 1 atom stereocenters. The summed E-state index contributed by atoms with van der Waals surface area (Å²) in [5, 5.41) is 11.3. The zero-order valence-corrected chi connectivity index (χ0v) is 19.5. The van der Waals surface area contributed by atoms with Crippen LogP contribution < -0.4 is 14.2 Å². The number of methoxy groups -OCH3 is 4. The Morgan fingerprint density at radius 1 is 0.970 bits per heavy atom. The van der Waals surface area contributed by atoms with Gasteiger partial charge in [0.2, 0.25) is 0 Å². The van der Waals surface area contributed by atoms with Crippen molar-refractivity contribution in [3.8, 4) is 17.2 Å². The highest BCUT2D eigenvalue weighted by molar-refractivity contribution is 6.46. The molecule has 2 aromatic rings. The SMILES string of the molecule is COCCCN1C(=O)C(=O)C(=C(O)c2ccc(OC)c(C)c2)[C@H]1c1cc(OC)ccc1OC. The van der Waals surface area contributed by atoms with Crippen LogP contribution in [0.3, 0.4) is 0 Å². The largest absolute Gasteiger partial charge is 0.507 e. The first-order chi connectivity index (χ1) is 15.9. The van der Waals surface area contributed by atoms with Gasteiger partial charge in [0, 0.05) is 31.4 Å². The van der Waals surface area contributed by atoms with Crippen LogP contribution in [0.2, 0.25) is 0 Å². The smallest absolute Gasteiger partial charge is 0.295 e. The average molecular weight is 456 g/mol. The fourth-order valence-corrected chi connectivity index (χ4v) is 4.05. The molecule has 176 valence electrons. The summed E-state index contributed by atoms with van der Waals surface area (Å²) in [6, 6.07) is 9.37. The molecule has 0 radical (unpaired) electrons. The van der Waals surface area contributed by atoms with Gasteiger partial charge in [-0.15, -0.1) is 0 Å². The molecule has 8 heteroatoms. The lowest BCUT2D eigenvalue weighted by atomic mass is 9.94. The Kier molecular flexibility index (Phi) is 7.60. The Morgan fingerprint density at radius 2 is 1.67 bits per heavy atom. The molecule has 8 nitrogen and oxygen atoms in total. The number of carbonyl (C=O) groups excluding carboxylic acids is 2. The van der Waals surface area contributed by atoms with Crippen LogP contribution >= 0.6 is 0 Å². The molecule has 0 aromatic heterocycles. The second-order valence-electron chi connectivity index (χ2n) is 7.63. The summed E-state index contributed by atoms with van der Waals surface area (Å²) in [4.78, 5) is 27.7. The predicted octanol–water partition coefficient (Wildman–Crippen LogP) is 3.48. The van der Waals surface area contributed by atoms with Gasteiger partial charge in [-0.25, -0.2) is 0 Å². The highest BCUT2D eigenvalue weighted by atomic mass is 16.5. The molecule has 1 aliphatic rings. The van der Waals surface area contributed by atoms with E-state index in [2.05, 4.69) is 0 Å². The Morgan fingerprint density at radius 3 is 2.27 bits per heavy atom. The van der Waals surface area contributed by atoms with Crippen LogP contribution in [-0.4, -0.2) is 63.3 Å². The minimum Gasteiger partial charge on any atom is -0.507 e. The molecule has 1 heterocycles. The van der Waals surface area contributed by atoms with E-state index >= 15 is 0 Å². The van der Waals surface area contributed by atoms with E-state index in [0.29, 0.717) is 41.4 Å². The van der Waals surface area contributed by atoms with E-state index < -0.39 is 17.7 Å². The van der Waals surface area contributed by atoms with Gasteiger partial charge >= 0.3 is 0 Å². The number of ketones is 1. The van der Waals surface area contributed by atoms with Gasteiger partial charge in [-0.05, 0) is 55.3 Å². The van der Waals surface area contributed by atoms with Crippen molar-refractivity contribution in [1.82, 2.24) is 4.90 Å². The van der Waals surface area contributed by atoms with Crippen LogP contribution in [0.15, 0.2) is 42.0 Å². The van der Waals surface area contributed by atoms with Gasteiger partial charge in [0.05, 0.1) is 32.9 Å². The monoisotopic (exact) mass is 455 g/mol. The van der Waals surface area contributed by atoms with Crippen LogP contribution in [0.25, 0.3) is 5.76 Å². The summed E-state index contributed by atoms with van der Waals surface area (Å²) in [6.07, 6.45) is 0.522. The number of amides is 1. The number of nitrogens with zero attached hydrogens (tertiary/aromatic N) is 1. The topological polar surface area (TPSA) is 94.5 Å². The quantitative estimate of drug-likeness (QED) is 0.268. The number of aryl methyl sites for hydroxylation is 1. The Labute approximate surface area is 193 Å². The number of hydrogen-bond donors (Lipinski definition) is 1. The first-order valence-corrected chi connectivity index (χ1v) is 10.5. The summed E-state index contributed by atoms with van der Waals surface area (Å²) in [7, 11) is 6.17. The predicted molar refractivity (Wildman–Crippen MR) is 123 cm³/mol. The number of rotatable bonds is 9. The molecule has 1 amide bonds. The van der Waals surface area contributed by atoms with Gasteiger partial charge in [-0.1, -0.05) is 0 Å². The van der Waals surface area contributed by atoms with Gasteiger partial charge in [-0.2, -0.15) is 0 Å². The third-order valence-corrected chi connectivity index (χ3v) is 5.69. The molecule has 1 saturated heterocycles. The number of benzene rings is 2. The van der Waals surface area contributed by atoms with Crippen LogP contribution in [0.1, 0.15) is 29.2 Å². The molecule has 0 aliphatic carbocycles. The molecule has 1 aliphatic heterocycles. The maximum Gasteiger partial charge on any atom is 0.295 e. The number of Topliss-reactive ketones (excluding diaryl/α,β-unsaturated/α-hetero) is 1. The highest BCUT2D eigenvalue weighted by Gasteiger charge is 2.47. The molecule has 0 unspecified atom stereocenters. The standard InChI is InChI=1S/C25H29NO7/c1-15-13-16(7-9-19(15)32-4)23(27)21-22(18-14-17(31-3)8-10-20(18)33-5)26(11-6-12-30-2)25(29)24(21)28/h7-10,13-14,22,27H,6,11-12H2,1-5H3/t22-/m1/s1. The van der Waals surface area contributed by atoms with Crippen molar-refractivity contribution >= 4 is 17.4 Å². The maximum absolute atomic E-state index is 13.2. The molecule has 1 fully saturated rings. The van der Waals surface area contributed by atoms with E-state index in [9.17, 15) is 14.7 Å². The van der Waals surface area contributed by atoms with E-state index in [4.69, 9.17) is 18.9 Å². The lowest BCUT2D eigenvalue weighted by Crippen LogP contribution is -2.31. The van der Waals surface area contributed by atoms with Crippen LogP contribution in [0, 0.1) is 6.92 Å². The van der Waals surface area contributed by atoms with Crippen molar-refractivity contribution in [2.45, 2.75) is 19.4 Å². The van der Waals surface area contributed by atoms with E-state index in [1.165, 1.54) is 19.1 Å². The van der Waals surface area contributed by atoms with E-state index in [0.717, 1.165) is 5.56 Å². The fraction of sp³-hybridized carbons (Fsp3) is 0.360. The third kappa shape index (κ3) is 4.66. The summed E-state index contributed by atoms with van der Waals surface area (Å²) in [5.74, 6) is -0.0494. The summed E-state index contributed by atoms with van der Waals surface area (Å²) in [6.45, 7) is 2.52. The number of likely N-dealkylation sites (tertiary alicyclic amines) is 1. The summed E-state index contributed by atoms with van der Waals surface area (Å²) < 4.78 is 21.3. The number of ether oxygens (including phenoxy) is 4. The van der Waals surface area contributed by atoms with Crippen molar-refractivity contribution in [1.29, 1.82) is 0 Å². The van der Waals surface area contributed by atoms with Crippen molar-refractivity contribution in [2.75, 3.05) is 41.6 Å². The second-order valence-corrected chi connectivity index (χ2v) is 7.63. The van der Waals surface area contributed by atoms with Crippen molar-refractivity contribution in [3.05, 3.63) is 58.7 Å². The molecule has 3 rings (SSSR count). The lowest BCUT2D eigenvalue weighted by Gasteiger charge is -2.27. The van der Waals surface area contributed by atoms with Crippen molar-refractivity contribution < 1.29 is 33.6 Å². The first kappa shape index (κ1) is 24.1. The zero-order chi connectivity index (χ0) is 24.1. The summed E-state index contributed by atoms with van der Waals surface area (Å²) >= 11 is 0. The lowest BCUT2D eigenvalue weighted by molar-refractivity contribution is -0.140. The first-order valence-electron chi connectivity index (χ1n) is 10.5. The average Bonchev–Trinajstić information content (AvgIpc) is 3.08. The van der Waals surface area contributed by atoms with Crippen LogP contribution in [-0.2, 0) is 14.3 Å². The molecular weight excluding hydrogens is 426 g/mol. The Bertz CT molecular complexity index is 1080. The third-order valence-electron chi connectivity index (χ3n) is 5.69. The van der Waals surface area contributed by atoms with E-state index in [-0.39, 0.29) is 17.9 Å². The molecule has 1 N–H and O–H groups in total. The normalized spacial score (nSPS) is 17.4. The van der Waals surface area contributed by atoms with Crippen LogP contribution in [0.5, 0.6) is 17.2 Å². The molecular formula is C25H29NO7. The highest BCUT2D eigenvalue weighted by Crippen LogP contribution is 2.44. The van der Waals surface area contributed by atoms with Gasteiger partial charge in [-0.3, -0.25) is 9.59 Å². The van der Waals surface area contributed by atoms with E-state index in [1.807, 2.05) is 6.92 Å². The van der Waals surface area contributed by atoms with Gasteiger partial charge < -0.3 is 29.0 Å². The number of hydrogen-bond acceptors (Lipinski definition) is 7. The minimum atomic E-state index is -0.852. The minimum absolute atomic E-state index is 0.00598. The molecule has 0 saturated carbocycles. The maximum atomic E-state index is 13.2.